The minimum atomic E-state index is -0.611. The zero-order chi connectivity index (χ0) is 19.1. The highest BCUT2D eigenvalue weighted by atomic mass is 16.5. The molecule has 0 aromatic heterocycles. The maximum absolute atomic E-state index is 12.3. The maximum atomic E-state index is 12.3. The largest absolute Gasteiger partial charge is 0.454 e. The van der Waals surface area contributed by atoms with E-state index in [2.05, 4.69) is 12.2 Å². The number of hydrogen-bond acceptors (Lipinski definition) is 4. The lowest BCUT2D eigenvalue weighted by atomic mass is 10.00. The van der Waals surface area contributed by atoms with Crippen LogP contribution in [-0.4, -0.2) is 48.4 Å². The average molecular weight is 360 g/mol. The third kappa shape index (κ3) is 5.31. The third-order valence-electron chi connectivity index (χ3n) is 4.94. The van der Waals surface area contributed by atoms with E-state index < -0.39 is 5.97 Å². The third-order valence-corrected chi connectivity index (χ3v) is 4.94. The van der Waals surface area contributed by atoms with E-state index >= 15 is 0 Å². The molecule has 1 heterocycles. The van der Waals surface area contributed by atoms with Crippen molar-refractivity contribution in [2.75, 3.05) is 19.7 Å². The number of carbonyl (C=O) groups excluding carboxylic acids is 3. The molecule has 2 amide bonds. The molecule has 1 aliphatic heterocycles. The SMILES string of the molecule is CC[C@H]1CCCCN1C(=O)COC(=O)CNC(=O)c1ccc(C)c(C)c1. The smallest absolute Gasteiger partial charge is 0.325 e. The van der Waals surface area contributed by atoms with Crippen molar-refractivity contribution in [1.29, 1.82) is 0 Å². The van der Waals surface area contributed by atoms with Crippen molar-refractivity contribution in [3.8, 4) is 0 Å². The van der Waals surface area contributed by atoms with Crippen LogP contribution in [0.1, 0.15) is 54.1 Å². The van der Waals surface area contributed by atoms with Gasteiger partial charge in [-0.05, 0) is 62.8 Å². The zero-order valence-corrected chi connectivity index (χ0v) is 15.8. The lowest BCUT2D eigenvalue weighted by Gasteiger charge is -2.35. The number of nitrogens with zero attached hydrogens (tertiary/aromatic N) is 1. The van der Waals surface area contributed by atoms with E-state index in [1.54, 1.807) is 12.1 Å². The molecule has 26 heavy (non-hydrogen) atoms. The average Bonchev–Trinajstić information content (AvgIpc) is 2.66. The number of amides is 2. The van der Waals surface area contributed by atoms with Gasteiger partial charge in [0.05, 0.1) is 0 Å². The minimum Gasteiger partial charge on any atom is -0.454 e. The molecule has 2 rings (SSSR count). The van der Waals surface area contributed by atoms with Crippen LogP contribution in [0.3, 0.4) is 0 Å². The highest BCUT2D eigenvalue weighted by Crippen LogP contribution is 2.19. The standard InChI is InChI=1S/C20H28N2O4/c1-4-17-7-5-6-10-22(17)18(23)13-26-19(24)12-21-20(25)16-9-8-14(2)15(3)11-16/h8-9,11,17H,4-7,10,12-13H2,1-3H3,(H,21,25)/t17-/m0/s1. The van der Waals surface area contributed by atoms with Crippen LogP contribution in [0.4, 0.5) is 0 Å². The first-order valence-electron chi connectivity index (χ1n) is 9.23. The summed E-state index contributed by atoms with van der Waals surface area (Å²) in [4.78, 5) is 38.0. The van der Waals surface area contributed by atoms with Crippen molar-refractivity contribution >= 4 is 17.8 Å². The summed E-state index contributed by atoms with van der Waals surface area (Å²) in [6, 6.07) is 5.60. The van der Waals surface area contributed by atoms with Gasteiger partial charge in [0, 0.05) is 18.2 Å². The Labute approximate surface area is 154 Å². The fourth-order valence-electron chi connectivity index (χ4n) is 3.17. The maximum Gasteiger partial charge on any atom is 0.325 e. The van der Waals surface area contributed by atoms with Crippen LogP contribution in [0.5, 0.6) is 0 Å². The van der Waals surface area contributed by atoms with E-state index in [9.17, 15) is 14.4 Å². The summed E-state index contributed by atoms with van der Waals surface area (Å²) in [5.74, 6) is -1.11. The van der Waals surface area contributed by atoms with Crippen molar-refractivity contribution in [2.45, 2.75) is 52.5 Å². The number of piperidine rings is 1. The van der Waals surface area contributed by atoms with Crippen molar-refractivity contribution in [3.63, 3.8) is 0 Å². The Kier molecular flexibility index (Phi) is 7.18. The highest BCUT2D eigenvalue weighted by Gasteiger charge is 2.25. The summed E-state index contributed by atoms with van der Waals surface area (Å²) in [5.41, 5.74) is 2.61. The first-order valence-corrected chi connectivity index (χ1v) is 9.23. The van der Waals surface area contributed by atoms with Gasteiger partial charge in [0.1, 0.15) is 6.54 Å². The lowest BCUT2D eigenvalue weighted by Crippen LogP contribution is -2.45. The molecule has 1 atom stereocenters. The number of rotatable bonds is 6. The zero-order valence-electron chi connectivity index (χ0n) is 15.8. The second-order valence-corrected chi connectivity index (χ2v) is 6.79. The van der Waals surface area contributed by atoms with Crippen LogP contribution in [-0.2, 0) is 14.3 Å². The summed E-state index contributed by atoms with van der Waals surface area (Å²) >= 11 is 0. The van der Waals surface area contributed by atoms with E-state index in [0.29, 0.717) is 5.56 Å². The van der Waals surface area contributed by atoms with E-state index in [1.165, 1.54) is 0 Å². The fraction of sp³-hybridized carbons (Fsp3) is 0.550. The Balaban J connectivity index is 1.76. The van der Waals surface area contributed by atoms with Crippen LogP contribution in [0, 0.1) is 13.8 Å². The lowest BCUT2D eigenvalue weighted by molar-refractivity contribution is -0.152. The van der Waals surface area contributed by atoms with Crippen LogP contribution in [0.2, 0.25) is 0 Å². The van der Waals surface area contributed by atoms with Gasteiger partial charge in [-0.1, -0.05) is 13.0 Å². The predicted octanol–water partition coefficient (Wildman–Crippen LogP) is 2.37. The number of likely N-dealkylation sites (tertiary alicyclic amines) is 1. The van der Waals surface area contributed by atoms with Crippen LogP contribution in [0.15, 0.2) is 18.2 Å². The number of hydrogen-bond donors (Lipinski definition) is 1. The Morgan fingerprint density at radius 3 is 2.65 bits per heavy atom. The molecule has 1 aliphatic rings. The number of aryl methyl sites for hydroxylation is 2. The molecular weight excluding hydrogens is 332 g/mol. The van der Waals surface area contributed by atoms with E-state index in [1.807, 2.05) is 24.8 Å². The van der Waals surface area contributed by atoms with Gasteiger partial charge in [-0.15, -0.1) is 0 Å². The summed E-state index contributed by atoms with van der Waals surface area (Å²) in [6.07, 6.45) is 4.03. The molecule has 1 fully saturated rings. The van der Waals surface area contributed by atoms with Gasteiger partial charge in [0.15, 0.2) is 6.61 Å². The van der Waals surface area contributed by atoms with Crippen molar-refractivity contribution < 1.29 is 19.1 Å². The fourth-order valence-corrected chi connectivity index (χ4v) is 3.17. The Morgan fingerprint density at radius 1 is 1.19 bits per heavy atom. The monoisotopic (exact) mass is 360 g/mol. The number of carbonyl (C=O) groups is 3. The Morgan fingerprint density at radius 2 is 1.96 bits per heavy atom. The molecule has 6 heteroatoms. The summed E-state index contributed by atoms with van der Waals surface area (Å²) in [6.45, 7) is 6.15. The molecule has 0 unspecified atom stereocenters. The van der Waals surface area contributed by atoms with Crippen LogP contribution >= 0.6 is 0 Å². The van der Waals surface area contributed by atoms with E-state index in [-0.39, 0.29) is 31.0 Å². The first-order chi connectivity index (χ1) is 12.4. The highest BCUT2D eigenvalue weighted by molar-refractivity contribution is 5.96. The van der Waals surface area contributed by atoms with Crippen LogP contribution in [0.25, 0.3) is 0 Å². The molecule has 142 valence electrons. The van der Waals surface area contributed by atoms with Crippen molar-refractivity contribution in [2.24, 2.45) is 0 Å². The molecule has 1 saturated heterocycles. The predicted molar refractivity (Wildman–Crippen MR) is 98.9 cm³/mol. The van der Waals surface area contributed by atoms with E-state index in [4.69, 9.17) is 4.74 Å². The second kappa shape index (κ2) is 9.36. The van der Waals surface area contributed by atoms with Gasteiger partial charge in [-0.3, -0.25) is 14.4 Å². The summed E-state index contributed by atoms with van der Waals surface area (Å²) in [7, 11) is 0. The first kappa shape index (κ1) is 19.9. The number of esters is 1. The number of ether oxygens (including phenoxy) is 1. The van der Waals surface area contributed by atoms with E-state index in [0.717, 1.165) is 43.4 Å². The number of benzene rings is 1. The van der Waals surface area contributed by atoms with Gasteiger partial charge in [-0.25, -0.2) is 0 Å². The van der Waals surface area contributed by atoms with Gasteiger partial charge in [-0.2, -0.15) is 0 Å². The quantitative estimate of drug-likeness (QED) is 0.790. The minimum absolute atomic E-state index is 0.162. The molecule has 0 radical (unpaired) electrons. The Bertz CT molecular complexity index is 672. The second-order valence-electron chi connectivity index (χ2n) is 6.79. The molecule has 1 N–H and O–H groups in total. The molecule has 0 aliphatic carbocycles. The van der Waals surface area contributed by atoms with Gasteiger partial charge >= 0.3 is 5.97 Å². The molecule has 6 nitrogen and oxygen atoms in total. The molecule has 0 spiro atoms. The van der Waals surface area contributed by atoms with Crippen molar-refractivity contribution in [1.82, 2.24) is 10.2 Å². The topological polar surface area (TPSA) is 75.7 Å². The molecule has 0 saturated carbocycles. The Hall–Kier alpha value is -2.37. The van der Waals surface area contributed by atoms with Gasteiger partial charge in [0.25, 0.3) is 11.8 Å². The van der Waals surface area contributed by atoms with Gasteiger partial charge < -0.3 is 15.0 Å². The summed E-state index contributed by atoms with van der Waals surface area (Å²) < 4.78 is 5.03. The van der Waals surface area contributed by atoms with Gasteiger partial charge in [0.2, 0.25) is 0 Å². The summed E-state index contributed by atoms with van der Waals surface area (Å²) in [5, 5.41) is 2.53. The normalized spacial score (nSPS) is 16.9. The van der Waals surface area contributed by atoms with Crippen LogP contribution < -0.4 is 5.32 Å². The molecule has 0 bridgehead atoms. The number of nitrogens with one attached hydrogen (secondary N) is 1. The molecule has 1 aromatic rings. The molecule has 1 aromatic carbocycles. The molecular formula is C20H28N2O4. The van der Waals surface area contributed by atoms with Crippen molar-refractivity contribution in [3.05, 3.63) is 34.9 Å².